The molecule has 0 aromatic heterocycles. The van der Waals surface area contributed by atoms with Gasteiger partial charge in [-0.1, -0.05) is 36.4 Å². The Morgan fingerprint density at radius 3 is 2.19 bits per heavy atom. The van der Waals surface area contributed by atoms with Gasteiger partial charge in [0, 0.05) is 11.3 Å². The SMILES string of the molecule is CCOc1ccc(N2C(=O)C(Nc3ccccc3)=C(c3ccccc3OC)C2=O)cc1. The number of nitrogens with one attached hydrogen (secondary N) is 1. The third kappa shape index (κ3) is 3.88. The van der Waals surface area contributed by atoms with E-state index in [1.165, 1.54) is 12.0 Å². The normalized spacial score (nSPS) is 13.5. The van der Waals surface area contributed by atoms with E-state index in [1.54, 1.807) is 36.4 Å². The Morgan fingerprint density at radius 1 is 0.839 bits per heavy atom. The first-order valence-electron chi connectivity index (χ1n) is 9.95. The molecule has 6 nitrogen and oxygen atoms in total. The van der Waals surface area contributed by atoms with Gasteiger partial charge >= 0.3 is 0 Å². The summed E-state index contributed by atoms with van der Waals surface area (Å²) in [6.07, 6.45) is 0. The van der Waals surface area contributed by atoms with Crippen LogP contribution in [0.4, 0.5) is 11.4 Å². The zero-order valence-electron chi connectivity index (χ0n) is 17.3. The Morgan fingerprint density at radius 2 is 1.52 bits per heavy atom. The van der Waals surface area contributed by atoms with Gasteiger partial charge in [-0.2, -0.15) is 0 Å². The predicted molar refractivity (Wildman–Crippen MR) is 120 cm³/mol. The molecule has 3 aromatic rings. The molecule has 1 aliphatic heterocycles. The summed E-state index contributed by atoms with van der Waals surface area (Å²) in [6, 6.07) is 23.3. The second-order valence-electron chi connectivity index (χ2n) is 6.81. The van der Waals surface area contributed by atoms with Gasteiger partial charge < -0.3 is 14.8 Å². The quantitative estimate of drug-likeness (QED) is 0.577. The minimum Gasteiger partial charge on any atom is -0.496 e. The van der Waals surface area contributed by atoms with Gasteiger partial charge in [-0.3, -0.25) is 9.59 Å². The van der Waals surface area contributed by atoms with Crippen molar-refractivity contribution in [1.29, 1.82) is 0 Å². The number of anilines is 2. The molecular weight excluding hydrogens is 392 g/mol. The van der Waals surface area contributed by atoms with E-state index in [1.807, 2.05) is 49.4 Å². The highest BCUT2D eigenvalue weighted by molar-refractivity contribution is 6.46. The lowest BCUT2D eigenvalue weighted by atomic mass is 10.0. The minimum atomic E-state index is -0.432. The van der Waals surface area contributed by atoms with Gasteiger partial charge in [0.15, 0.2) is 0 Å². The van der Waals surface area contributed by atoms with E-state index >= 15 is 0 Å². The summed E-state index contributed by atoms with van der Waals surface area (Å²) >= 11 is 0. The van der Waals surface area contributed by atoms with Crippen molar-refractivity contribution in [2.45, 2.75) is 6.92 Å². The molecule has 0 radical (unpaired) electrons. The molecule has 0 spiro atoms. The van der Waals surface area contributed by atoms with Crippen LogP contribution in [-0.2, 0) is 9.59 Å². The third-order valence-electron chi connectivity index (χ3n) is 4.91. The van der Waals surface area contributed by atoms with Gasteiger partial charge in [-0.15, -0.1) is 0 Å². The number of rotatable bonds is 7. The molecule has 0 atom stereocenters. The molecule has 31 heavy (non-hydrogen) atoms. The average molecular weight is 414 g/mol. The van der Waals surface area contributed by atoms with Crippen LogP contribution in [-0.4, -0.2) is 25.5 Å². The molecule has 0 fully saturated rings. The molecule has 4 rings (SSSR count). The van der Waals surface area contributed by atoms with E-state index in [0.717, 1.165) is 0 Å². The molecule has 0 saturated heterocycles. The summed E-state index contributed by atoms with van der Waals surface area (Å²) in [5, 5.41) is 3.14. The van der Waals surface area contributed by atoms with Crippen LogP contribution in [0.15, 0.2) is 84.6 Å². The van der Waals surface area contributed by atoms with E-state index in [9.17, 15) is 9.59 Å². The Bertz CT molecular complexity index is 1140. The van der Waals surface area contributed by atoms with Crippen LogP contribution in [0.3, 0.4) is 0 Å². The van der Waals surface area contributed by atoms with Gasteiger partial charge in [-0.05, 0) is 49.4 Å². The standard InChI is InChI=1S/C25H22N2O4/c1-3-31-19-15-13-18(14-16-19)27-24(28)22(20-11-7-8-12-21(20)30-2)23(25(27)29)26-17-9-5-4-6-10-17/h4-16,26H,3H2,1-2H3. The highest BCUT2D eigenvalue weighted by Crippen LogP contribution is 2.37. The van der Waals surface area contributed by atoms with Crippen LogP contribution in [0.5, 0.6) is 11.5 Å². The Balaban J connectivity index is 1.80. The summed E-state index contributed by atoms with van der Waals surface area (Å²) in [5.41, 5.74) is 2.19. The highest BCUT2D eigenvalue weighted by Gasteiger charge is 2.41. The maximum absolute atomic E-state index is 13.5. The average Bonchev–Trinajstić information content (AvgIpc) is 3.04. The second kappa shape index (κ2) is 8.75. The highest BCUT2D eigenvalue weighted by atomic mass is 16.5. The number of benzene rings is 3. The number of nitrogens with zero attached hydrogens (tertiary/aromatic N) is 1. The van der Waals surface area contributed by atoms with Crippen molar-refractivity contribution < 1.29 is 19.1 Å². The summed E-state index contributed by atoms with van der Waals surface area (Å²) in [7, 11) is 1.54. The fraction of sp³-hybridized carbons (Fsp3) is 0.120. The molecular formula is C25H22N2O4. The smallest absolute Gasteiger partial charge is 0.282 e. The summed E-state index contributed by atoms with van der Waals surface area (Å²) in [5.74, 6) is 0.335. The lowest BCUT2D eigenvalue weighted by Gasteiger charge is -2.16. The first-order valence-corrected chi connectivity index (χ1v) is 9.95. The number of carbonyl (C=O) groups excluding carboxylic acids is 2. The number of ether oxygens (including phenoxy) is 2. The first kappa shape index (κ1) is 20.2. The fourth-order valence-corrected chi connectivity index (χ4v) is 3.51. The van der Waals surface area contributed by atoms with Crippen LogP contribution >= 0.6 is 0 Å². The molecule has 6 heteroatoms. The number of carbonyl (C=O) groups is 2. The molecule has 1 N–H and O–H groups in total. The van der Waals surface area contributed by atoms with Crippen molar-refractivity contribution >= 4 is 28.8 Å². The van der Waals surface area contributed by atoms with Crippen LogP contribution in [0.1, 0.15) is 12.5 Å². The minimum absolute atomic E-state index is 0.203. The van der Waals surface area contributed by atoms with Crippen molar-refractivity contribution in [3.8, 4) is 11.5 Å². The zero-order valence-corrected chi connectivity index (χ0v) is 17.3. The summed E-state index contributed by atoms with van der Waals surface area (Å²) in [4.78, 5) is 28.1. The predicted octanol–water partition coefficient (Wildman–Crippen LogP) is 4.49. The van der Waals surface area contributed by atoms with Crippen molar-refractivity contribution in [3.63, 3.8) is 0 Å². The second-order valence-corrected chi connectivity index (χ2v) is 6.81. The molecule has 156 valence electrons. The van der Waals surface area contributed by atoms with Crippen molar-refractivity contribution in [2.75, 3.05) is 23.9 Å². The van der Waals surface area contributed by atoms with E-state index in [-0.39, 0.29) is 11.3 Å². The lowest BCUT2D eigenvalue weighted by Crippen LogP contribution is -2.32. The lowest BCUT2D eigenvalue weighted by molar-refractivity contribution is -0.120. The number of para-hydroxylation sites is 2. The van der Waals surface area contributed by atoms with Crippen molar-refractivity contribution in [2.24, 2.45) is 0 Å². The van der Waals surface area contributed by atoms with Crippen molar-refractivity contribution in [1.82, 2.24) is 0 Å². The molecule has 0 bridgehead atoms. The van der Waals surface area contributed by atoms with E-state index in [2.05, 4.69) is 5.32 Å². The number of imide groups is 1. The maximum Gasteiger partial charge on any atom is 0.282 e. The topological polar surface area (TPSA) is 67.9 Å². The molecule has 1 aliphatic rings. The van der Waals surface area contributed by atoms with E-state index in [0.29, 0.717) is 35.0 Å². The number of hydrogen-bond acceptors (Lipinski definition) is 5. The third-order valence-corrected chi connectivity index (χ3v) is 4.91. The summed E-state index contributed by atoms with van der Waals surface area (Å²) < 4.78 is 10.9. The molecule has 3 aromatic carbocycles. The largest absolute Gasteiger partial charge is 0.496 e. The van der Waals surface area contributed by atoms with E-state index in [4.69, 9.17) is 9.47 Å². The molecule has 0 unspecified atom stereocenters. The molecule has 1 heterocycles. The summed E-state index contributed by atoms with van der Waals surface area (Å²) in [6.45, 7) is 2.43. The molecule has 2 amide bonds. The van der Waals surface area contributed by atoms with Crippen LogP contribution < -0.4 is 19.7 Å². The Hall–Kier alpha value is -4.06. The molecule has 0 saturated carbocycles. The maximum atomic E-state index is 13.5. The van der Waals surface area contributed by atoms with Gasteiger partial charge in [-0.25, -0.2) is 4.90 Å². The van der Waals surface area contributed by atoms with Gasteiger partial charge in [0.1, 0.15) is 17.2 Å². The van der Waals surface area contributed by atoms with E-state index < -0.39 is 11.8 Å². The fourth-order valence-electron chi connectivity index (χ4n) is 3.51. The number of methoxy groups -OCH3 is 1. The van der Waals surface area contributed by atoms with Gasteiger partial charge in [0.25, 0.3) is 11.8 Å². The number of amides is 2. The van der Waals surface area contributed by atoms with Crippen LogP contribution in [0.25, 0.3) is 5.57 Å². The van der Waals surface area contributed by atoms with Crippen LogP contribution in [0.2, 0.25) is 0 Å². The van der Waals surface area contributed by atoms with Gasteiger partial charge in [0.05, 0.1) is 25.0 Å². The Labute approximate surface area is 180 Å². The zero-order chi connectivity index (χ0) is 21.8. The first-order chi connectivity index (χ1) is 15.1. The molecule has 0 aliphatic carbocycles. The van der Waals surface area contributed by atoms with Crippen LogP contribution in [0, 0.1) is 0 Å². The monoisotopic (exact) mass is 414 g/mol. The Kier molecular flexibility index (Phi) is 5.71. The van der Waals surface area contributed by atoms with Gasteiger partial charge in [0.2, 0.25) is 0 Å². The van der Waals surface area contributed by atoms with Crippen molar-refractivity contribution in [3.05, 3.63) is 90.1 Å². The number of hydrogen-bond donors (Lipinski definition) is 1.